The predicted molar refractivity (Wildman–Crippen MR) is 94.9 cm³/mol. The molecule has 128 valence electrons. The molecule has 0 radical (unpaired) electrons. The van der Waals surface area contributed by atoms with Crippen molar-refractivity contribution >= 4 is 27.5 Å². The summed E-state index contributed by atoms with van der Waals surface area (Å²) < 4.78 is 26.7. The van der Waals surface area contributed by atoms with Crippen LogP contribution in [-0.4, -0.2) is 27.4 Å². The van der Waals surface area contributed by atoms with Crippen LogP contribution in [0.5, 0.6) is 0 Å². The van der Waals surface area contributed by atoms with Gasteiger partial charge in [-0.25, -0.2) is 13.1 Å². The highest BCUT2D eigenvalue weighted by molar-refractivity contribution is 7.89. The zero-order valence-electron chi connectivity index (χ0n) is 13.5. The van der Waals surface area contributed by atoms with E-state index in [1.54, 1.807) is 18.2 Å². The lowest BCUT2D eigenvalue weighted by Crippen LogP contribution is -2.35. The van der Waals surface area contributed by atoms with Gasteiger partial charge in [0.25, 0.3) is 5.91 Å². The zero-order valence-corrected chi connectivity index (χ0v) is 15.0. The van der Waals surface area contributed by atoms with Gasteiger partial charge in [0.1, 0.15) is 0 Å². The van der Waals surface area contributed by atoms with Crippen LogP contribution in [-0.2, 0) is 10.0 Å². The number of sulfonamides is 1. The minimum absolute atomic E-state index is 0.0887. The summed E-state index contributed by atoms with van der Waals surface area (Å²) in [6.07, 6.45) is 0. The second-order valence-electron chi connectivity index (χ2n) is 5.43. The minimum Gasteiger partial charge on any atom is -0.351 e. The Morgan fingerprint density at radius 3 is 2.54 bits per heavy atom. The molecular weight excluding hydrogens is 348 g/mol. The molecule has 0 aromatic heterocycles. The van der Waals surface area contributed by atoms with Crippen molar-refractivity contribution < 1.29 is 13.2 Å². The van der Waals surface area contributed by atoms with Crippen molar-refractivity contribution in [2.45, 2.75) is 18.7 Å². The summed E-state index contributed by atoms with van der Waals surface area (Å²) in [5.74, 6) is -0.224. The highest BCUT2D eigenvalue weighted by Crippen LogP contribution is 2.15. The van der Waals surface area contributed by atoms with Gasteiger partial charge in [-0.15, -0.1) is 0 Å². The van der Waals surface area contributed by atoms with E-state index in [1.807, 2.05) is 26.0 Å². The molecule has 7 heteroatoms. The molecule has 0 bridgehead atoms. The third-order valence-electron chi connectivity index (χ3n) is 3.45. The Labute approximate surface area is 147 Å². The maximum atomic E-state index is 12.2. The van der Waals surface area contributed by atoms with Crippen LogP contribution in [0.2, 0.25) is 5.02 Å². The topological polar surface area (TPSA) is 75.3 Å². The Balaban J connectivity index is 1.90. The Bertz CT molecular complexity index is 851. The van der Waals surface area contributed by atoms with Crippen LogP contribution < -0.4 is 10.0 Å². The number of carbonyl (C=O) groups is 1. The highest BCUT2D eigenvalue weighted by atomic mass is 35.5. The zero-order chi connectivity index (χ0) is 17.7. The summed E-state index contributed by atoms with van der Waals surface area (Å²) in [4.78, 5) is 12.2. The SMILES string of the molecule is Cc1ccc(C)c(C(=O)NCCNS(=O)(=O)c2cccc(Cl)c2)c1. The third kappa shape index (κ3) is 4.80. The number of carbonyl (C=O) groups excluding carboxylic acids is 1. The van der Waals surface area contributed by atoms with Gasteiger partial charge in [0, 0.05) is 23.7 Å². The van der Waals surface area contributed by atoms with Crippen molar-refractivity contribution in [3.63, 3.8) is 0 Å². The highest BCUT2D eigenvalue weighted by Gasteiger charge is 2.14. The van der Waals surface area contributed by atoms with E-state index in [9.17, 15) is 13.2 Å². The summed E-state index contributed by atoms with van der Waals surface area (Å²) in [5, 5.41) is 3.06. The van der Waals surface area contributed by atoms with E-state index in [0.717, 1.165) is 11.1 Å². The summed E-state index contributed by atoms with van der Waals surface area (Å²) in [7, 11) is -3.65. The number of hydrogen-bond acceptors (Lipinski definition) is 3. The maximum Gasteiger partial charge on any atom is 0.251 e. The predicted octanol–water partition coefficient (Wildman–Crippen LogP) is 2.67. The number of hydrogen-bond donors (Lipinski definition) is 2. The second-order valence-corrected chi connectivity index (χ2v) is 7.63. The van der Waals surface area contributed by atoms with Gasteiger partial charge in [0.15, 0.2) is 0 Å². The van der Waals surface area contributed by atoms with E-state index >= 15 is 0 Å². The normalized spacial score (nSPS) is 11.3. The molecule has 0 fully saturated rings. The van der Waals surface area contributed by atoms with E-state index in [0.29, 0.717) is 10.6 Å². The Morgan fingerprint density at radius 1 is 1.08 bits per heavy atom. The van der Waals surface area contributed by atoms with Gasteiger partial charge in [-0.2, -0.15) is 0 Å². The van der Waals surface area contributed by atoms with Crippen LogP contribution in [0.4, 0.5) is 0 Å². The number of amides is 1. The Kier molecular flexibility index (Phi) is 5.99. The number of nitrogens with one attached hydrogen (secondary N) is 2. The summed E-state index contributed by atoms with van der Waals surface area (Å²) >= 11 is 5.80. The smallest absolute Gasteiger partial charge is 0.251 e. The van der Waals surface area contributed by atoms with Gasteiger partial charge < -0.3 is 5.32 Å². The maximum absolute atomic E-state index is 12.2. The molecule has 0 saturated carbocycles. The standard InChI is InChI=1S/C17H19ClN2O3S/c1-12-6-7-13(2)16(10-12)17(21)19-8-9-20-24(22,23)15-5-3-4-14(18)11-15/h3-7,10-11,20H,8-9H2,1-2H3,(H,19,21). The molecule has 0 aliphatic heterocycles. The van der Waals surface area contributed by atoms with Crippen molar-refractivity contribution in [3.05, 3.63) is 64.2 Å². The lowest BCUT2D eigenvalue weighted by molar-refractivity contribution is 0.0953. The fraction of sp³-hybridized carbons (Fsp3) is 0.235. The van der Waals surface area contributed by atoms with E-state index in [2.05, 4.69) is 10.0 Å². The molecular formula is C17H19ClN2O3S. The average molecular weight is 367 g/mol. The van der Waals surface area contributed by atoms with Gasteiger partial charge in [0.2, 0.25) is 10.0 Å². The van der Waals surface area contributed by atoms with Crippen LogP contribution in [0.3, 0.4) is 0 Å². The fourth-order valence-electron chi connectivity index (χ4n) is 2.15. The molecule has 0 unspecified atom stereocenters. The third-order valence-corrected chi connectivity index (χ3v) is 5.14. The van der Waals surface area contributed by atoms with E-state index < -0.39 is 10.0 Å². The first-order valence-electron chi connectivity index (χ1n) is 7.40. The number of halogens is 1. The molecule has 2 N–H and O–H groups in total. The van der Waals surface area contributed by atoms with Gasteiger partial charge in [-0.05, 0) is 43.7 Å². The summed E-state index contributed by atoms with van der Waals surface area (Å²) in [6, 6.07) is 11.6. The average Bonchev–Trinajstić information content (AvgIpc) is 2.53. The van der Waals surface area contributed by atoms with Gasteiger partial charge >= 0.3 is 0 Å². The molecule has 0 aliphatic rings. The minimum atomic E-state index is -3.65. The number of benzene rings is 2. The lowest BCUT2D eigenvalue weighted by Gasteiger charge is -2.10. The molecule has 0 atom stereocenters. The second kappa shape index (κ2) is 7.79. The van der Waals surface area contributed by atoms with Crippen molar-refractivity contribution in [1.29, 1.82) is 0 Å². The quantitative estimate of drug-likeness (QED) is 0.772. The summed E-state index contributed by atoms with van der Waals surface area (Å²) in [5.41, 5.74) is 2.46. The largest absolute Gasteiger partial charge is 0.351 e. The molecule has 0 spiro atoms. The van der Waals surface area contributed by atoms with Gasteiger partial charge in [-0.1, -0.05) is 35.4 Å². The molecule has 0 saturated heterocycles. The Hall–Kier alpha value is -1.89. The molecule has 5 nitrogen and oxygen atoms in total. The lowest BCUT2D eigenvalue weighted by atomic mass is 10.1. The van der Waals surface area contributed by atoms with Crippen LogP contribution >= 0.6 is 11.6 Å². The first kappa shape index (κ1) is 18.4. The van der Waals surface area contributed by atoms with E-state index in [1.165, 1.54) is 12.1 Å². The number of rotatable bonds is 6. The first-order chi connectivity index (χ1) is 11.3. The number of aryl methyl sites for hydroxylation is 2. The van der Waals surface area contributed by atoms with Crippen LogP contribution in [0.1, 0.15) is 21.5 Å². The molecule has 24 heavy (non-hydrogen) atoms. The van der Waals surface area contributed by atoms with Gasteiger partial charge in [0.05, 0.1) is 4.90 Å². The van der Waals surface area contributed by atoms with Crippen molar-refractivity contribution in [2.24, 2.45) is 0 Å². The van der Waals surface area contributed by atoms with E-state index in [4.69, 9.17) is 11.6 Å². The molecule has 2 aromatic carbocycles. The van der Waals surface area contributed by atoms with Crippen molar-refractivity contribution in [2.75, 3.05) is 13.1 Å². The van der Waals surface area contributed by atoms with Gasteiger partial charge in [-0.3, -0.25) is 4.79 Å². The molecule has 2 aromatic rings. The van der Waals surface area contributed by atoms with Crippen LogP contribution in [0.25, 0.3) is 0 Å². The van der Waals surface area contributed by atoms with E-state index in [-0.39, 0.29) is 23.9 Å². The molecule has 1 amide bonds. The monoisotopic (exact) mass is 366 g/mol. The fourth-order valence-corrected chi connectivity index (χ4v) is 3.49. The van der Waals surface area contributed by atoms with Crippen LogP contribution in [0.15, 0.2) is 47.4 Å². The molecule has 2 rings (SSSR count). The Morgan fingerprint density at radius 2 is 1.83 bits per heavy atom. The first-order valence-corrected chi connectivity index (χ1v) is 9.26. The van der Waals surface area contributed by atoms with Crippen molar-refractivity contribution in [1.82, 2.24) is 10.0 Å². The summed E-state index contributed by atoms with van der Waals surface area (Å²) in [6.45, 7) is 4.04. The van der Waals surface area contributed by atoms with Crippen LogP contribution in [0, 0.1) is 13.8 Å². The molecule has 0 heterocycles. The molecule has 0 aliphatic carbocycles. The van der Waals surface area contributed by atoms with Crippen molar-refractivity contribution in [3.8, 4) is 0 Å².